The summed E-state index contributed by atoms with van der Waals surface area (Å²) >= 11 is 6.19. The van der Waals surface area contributed by atoms with Crippen molar-refractivity contribution in [1.82, 2.24) is 8.61 Å². The molecule has 0 aromatic heterocycles. The van der Waals surface area contributed by atoms with Crippen molar-refractivity contribution in [2.24, 2.45) is 0 Å². The molecule has 0 unspecified atom stereocenters. The highest BCUT2D eigenvalue weighted by Gasteiger charge is 2.41. The molecule has 7 heteroatoms. The van der Waals surface area contributed by atoms with Gasteiger partial charge in [-0.3, -0.25) is 0 Å². The van der Waals surface area contributed by atoms with Gasteiger partial charge < -0.3 is 4.74 Å². The Balaban J connectivity index is 1.49. The second-order valence-electron chi connectivity index (χ2n) is 7.15. The summed E-state index contributed by atoms with van der Waals surface area (Å²) < 4.78 is 35.0. The van der Waals surface area contributed by atoms with E-state index in [1.54, 1.807) is 8.61 Å². The molecule has 0 bridgehead atoms. The van der Waals surface area contributed by atoms with E-state index in [1.807, 2.05) is 19.1 Å². The maximum Gasteiger partial charge on any atom is 0.281 e. The van der Waals surface area contributed by atoms with E-state index in [0.717, 1.165) is 34.7 Å². The van der Waals surface area contributed by atoms with Crippen molar-refractivity contribution >= 4 is 27.9 Å². The van der Waals surface area contributed by atoms with E-state index in [0.29, 0.717) is 39.0 Å². The lowest BCUT2D eigenvalue weighted by atomic mass is 9.89. The van der Waals surface area contributed by atoms with Crippen molar-refractivity contribution in [2.75, 3.05) is 26.2 Å². The van der Waals surface area contributed by atoms with Crippen LogP contribution < -0.4 is 4.74 Å². The van der Waals surface area contributed by atoms with Gasteiger partial charge in [-0.2, -0.15) is 17.0 Å². The molecule has 4 rings (SSSR count). The maximum atomic E-state index is 12.7. The predicted octanol–water partition coefficient (Wildman–Crippen LogP) is 3.23. The van der Waals surface area contributed by atoms with Crippen molar-refractivity contribution < 1.29 is 13.2 Å². The quantitative estimate of drug-likeness (QED) is 0.789. The minimum Gasteiger partial charge on any atom is -0.482 e. The number of rotatable bonds is 2. The molecule has 0 radical (unpaired) electrons. The number of halogens is 1. The minimum absolute atomic E-state index is 0.412. The third-order valence-electron chi connectivity index (χ3n) is 5.46. The first-order valence-corrected chi connectivity index (χ1v) is 10.6. The average molecular weight is 383 g/mol. The Morgan fingerprint density at radius 1 is 1.08 bits per heavy atom. The van der Waals surface area contributed by atoms with Crippen LogP contribution in [0.15, 0.2) is 18.2 Å². The van der Waals surface area contributed by atoms with E-state index < -0.39 is 15.8 Å². The Morgan fingerprint density at radius 3 is 2.40 bits per heavy atom. The Labute approximate surface area is 154 Å². The summed E-state index contributed by atoms with van der Waals surface area (Å²) in [5.41, 5.74) is 1.55. The summed E-state index contributed by atoms with van der Waals surface area (Å²) in [6, 6.07) is 3.89. The van der Waals surface area contributed by atoms with Gasteiger partial charge in [0.2, 0.25) is 0 Å². The van der Waals surface area contributed by atoms with E-state index in [1.165, 1.54) is 0 Å². The van der Waals surface area contributed by atoms with E-state index in [2.05, 4.69) is 12.2 Å². The number of ether oxygens (including phenoxy) is 1. The smallest absolute Gasteiger partial charge is 0.281 e. The van der Waals surface area contributed by atoms with Crippen LogP contribution in [0.1, 0.15) is 36.8 Å². The number of fused-ring (bicyclic) bond motifs is 1. The highest BCUT2D eigenvalue weighted by atomic mass is 35.5. The molecule has 1 spiro atoms. The molecule has 0 saturated carbocycles. The van der Waals surface area contributed by atoms with Crippen molar-refractivity contribution in [3.8, 4) is 5.75 Å². The summed E-state index contributed by atoms with van der Waals surface area (Å²) in [5.74, 6) is 0.834. The summed E-state index contributed by atoms with van der Waals surface area (Å²) in [6.07, 6.45) is 7.37. The lowest BCUT2D eigenvalue weighted by Crippen LogP contribution is -2.52. The van der Waals surface area contributed by atoms with E-state index in [4.69, 9.17) is 16.3 Å². The van der Waals surface area contributed by atoms with Gasteiger partial charge in [0.25, 0.3) is 10.2 Å². The van der Waals surface area contributed by atoms with Crippen LogP contribution in [-0.2, 0) is 10.2 Å². The Hall–Kier alpha value is -1.08. The Kier molecular flexibility index (Phi) is 4.35. The van der Waals surface area contributed by atoms with Crippen LogP contribution in [0.4, 0.5) is 0 Å². The molecule has 0 amide bonds. The van der Waals surface area contributed by atoms with Gasteiger partial charge in [0.05, 0.1) is 0 Å². The molecule has 3 aliphatic rings. The van der Waals surface area contributed by atoms with Gasteiger partial charge in [-0.05, 0) is 43.5 Å². The molecular weight excluding hydrogens is 360 g/mol. The minimum atomic E-state index is -3.32. The monoisotopic (exact) mass is 382 g/mol. The molecule has 2 saturated heterocycles. The molecule has 0 aliphatic carbocycles. The summed E-state index contributed by atoms with van der Waals surface area (Å²) in [5, 5.41) is 0.731. The maximum absolute atomic E-state index is 12.7. The number of nitrogens with zero attached hydrogens (tertiary/aromatic N) is 2. The second kappa shape index (κ2) is 6.27. The van der Waals surface area contributed by atoms with E-state index >= 15 is 0 Å². The van der Waals surface area contributed by atoms with Crippen molar-refractivity contribution in [1.29, 1.82) is 0 Å². The fourth-order valence-electron chi connectivity index (χ4n) is 3.83. The second-order valence-corrected chi connectivity index (χ2v) is 9.49. The van der Waals surface area contributed by atoms with Crippen LogP contribution in [0.3, 0.4) is 0 Å². The van der Waals surface area contributed by atoms with Gasteiger partial charge in [-0.15, -0.1) is 0 Å². The average Bonchev–Trinajstić information content (AvgIpc) is 3.12. The zero-order valence-corrected chi connectivity index (χ0v) is 15.9. The van der Waals surface area contributed by atoms with Crippen LogP contribution in [0.2, 0.25) is 5.02 Å². The largest absolute Gasteiger partial charge is 0.482 e. The van der Waals surface area contributed by atoms with Gasteiger partial charge in [0.15, 0.2) is 0 Å². The number of hydrogen-bond donors (Lipinski definition) is 0. The molecule has 136 valence electrons. The highest BCUT2D eigenvalue weighted by Crippen LogP contribution is 2.39. The van der Waals surface area contributed by atoms with Crippen LogP contribution in [0, 0.1) is 6.92 Å². The SMILES string of the molecule is Cc1cc2c(cc1Cl)C=CC1(CCN(S(=O)(=O)N3CCCC3)CC1)O2. The first-order valence-electron chi connectivity index (χ1n) is 8.83. The third kappa shape index (κ3) is 3.10. The highest BCUT2D eigenvalue weighted by molar-refractivity contribution is 7.86. The number of aryl methyl sites for hydroxylation is 1. The summed E-state index contributed by atoms with van der Waals surface area (Å²) in [4.78, 5) is 0. The molecule has 0 N–H and O–H groups in total. The zero-order chi connectivity index (χ0) is 17.7. The van der Waals surface area contributed by atoms with Crippen LogP contribution in [-0.4, -0.2) is 48.8 Å². The predicted molar refractivity (Wildman–Crippen MR) is 99.1 cm³/mol. The molecule has 0 atom stereocenters. The molecule has 1 aromatic carbocycles. The van der Waals surface area contributed by atoms with Crippen LogP contribution in [0.5, 0.6) is 5.75 Å². The topological polar surface area (TPSA) is 49.9 Å². The standard InChI is InChI=1S/C18H23ClN2O3S/c1-14-12-17-15(13-16(14)19)4-5-18(24-17)6-10-21(11-7-18)25(22,23)20-8-2-3-9-20/h4-5,12-13H,2-3,6-11H2,1H3. The third-order valence-corrected chi connectivity index (χ3v) is 7.90. The molecular formula is C18H23ClN2O3S. The fraction of sp³-hybridized carbons (Fsp3) is 0.556. The van der Waals surface area contributed by atoms with E-state index in [-0.39, 0.29) is 0 Å². The van der Waals surface area contributed by atoms with Crippen LogP contribution in [0.25, 0.3) is 6.08 Å². The lowest BCUT2D eigenvalue weighted by Gasteiger charge is -2.42. The van der Waals surface area contributed by atoms with Crippen LogP contribution >= 0.6 is 11.6 Å². The van der Waals surface area contributed by atoms with Gasteiger partial charge in [-0.25, -0.2) is 0 Å². The normalized spacial score (nSPS) is 23.6. The number of hydrogen-bond acceptors (Lipinski definition) is 3. The lowest BCUT2D eigenvalue weighted by molar-refractivity contribution is 0.0605. The van der Waals surface area contributed by atoms with Crippen molar-refractivity contribution in [2.45, 2.75) is 38.2 Å². The molecule has 2 fully saturated rings. The molecule has 5 nitrogen and oxygen atoms in total. The van der Waals surface area contributed by atoms with Gasteiger partial charge in [-0.1, -0.05) is 17.7 Å². The first-order chi connectivity index (χ1) is 11.9. The number of benzene rings is 1. The Morgan fingerprint density at radius 2 is 1.72 bits per heavy atom. The van der Waals surface area contributed by atoms with Crippen molar-refractivity contribution in [3.63, 3.8) is 0 Å². The Bertz CT molecular complexity index is 808. The molecule has 3 aliphatic heterocycles. The van der Waals surface area contributed by atoms with E-state index in [9.17, 15) is 8.42 Å². The molecule has 3 heterocycles. The van der Waals surface area contributed by atoms with Gasteiger partial charge in [0.1, 0.15) is 11.4 Å². The fourth-order valence-corrected chi connectivity index (χ4v) is 5.69. The summed E-state index contributed by atoms with van der Waals surface area (Å²) in [6.45, 7) is 4.24. The van der Waals surface area contributed by atoms with Gasteiger partial charge in [0, 0.05) is 49.6 Å². The first kappa shape index (κ1) is 17.3. The molecule has 25 heavy (non-hydrogen) atoms. The molecule has 1 aromatic rings. The number of piperidine rings is 1. The van der Waals surface area contributed by atoms with Gasteiger partial charge >= 0.3 is 0 Å². The van der Waals surface area contributed by atoms with Crippen molar-refractivity contribution in [3.05, 3.63) is 34.4 Å². The summed E-state index contributed by atoms with van der Waals surface area (Å²) in [7, 11) is -3.32. The zero-order valence-electron chi connectivity index (χ0n) is 14.4.